The van der Waals surface area contributed by atoms with Gasteiger partial charge < -0.3 is 9.80 Å². The zero-order chi connectivity index (χ0) is 31.0. The molecule has 6 aromatic carbocycles. The number of hydrogen-bond donors (Lipinski definition) is 0. The molecule has 3 heterocycles. The Morgan fingerprint density at radius 1 is 0.404 bits per heavy atom. The average molecular weight is 601 g/mol. The molecule has 0 bridgehead atoms. The molecular formula is C43H28N4. The molecule has 47 heavy (non-hydrogen) atoms. The van der Waals surface area contributed by atoms with Crippen molar-refractivity contribution >= 4 is 44.3 Å². The maximum Gasteiger partial charge on any atom is 0.176 e. The summed E-state index contributed by atoms with van der Waals surface area (Å²) in [4.78, 5) is 14.7. The fourth-order valence-corrected chi connectivity index (χ4v) is 7.99. The van der Waals surface area contributed by atoms with Crippen LogP contribution < -0.4 is 9.80 Å². The van der Waals surface area contributed by atoms with E-state index in [0.29, 0.717) is 0 Å². The summed E-state index contributed by atoms with van der Waals surface area (Å²) < 4.78 is 0. The van der Waals surface area contributed by atoms with Crippen molar-refractivity contribution in [3.63, 3.8) is 0 Å². The Morgan fingerprint density at radius 3 is 1.45 bits per heavy atom. The summed E-state index contributed by atoms with van der Waals surface area (Å²) >= 11 is 0. The summed E-state index contributed by atoms with van der Waals surface area (Å²) in [6.45, 7) is 0. The lowest BCUT2D eigenvalue weighted by Gasteiger charge is -2.45. The van der Waals surface area contributed by atoms with Crippen molar-refractivity contribution in [3.8, 4) is 22.5 Å². The molecule has 10 rings (SSSR count). The van der Waals surface area contributed by atoms with Crippen LogP contribution in [0.4, 0.5) is 22.7 Å². The summed E-state index contributed by atoms with van der Waals surface area (Å²) in [5, 5.41) is 5.12. The summed E-state index contributed by atoms with van der Waals surface area (Å²) in [5.41, 5.74) is 10.3. The topological polar surface area (TPSA) is 32.3 Å². The summed E-state index contributed by atoms with van der Waals surface area (Å²) in [7, 11) is 0. The van der Waals surface area contributed by atoms with Crippen molar-refractivity contribution < 1.29 is 0 Å². The third-order valence-electron chi connectivity index (χ3n) is 9.76. The first-order chi connectivity index (χ1) is 23.3. The number of fused-ring (bicyclic) bond motifs is 3. The maximum atomic E-state index is 4.79. The van der Waals surface area contributed by atoms with E-state index in [1.54, 1.807) is 0 Å². The zero-order valence-corrected chi connectivity index (χ0v) is 25.5. The highest BCUT2D eigenvalue weighted by Crippen LogP contribution is 2.64. The van der Waals surface area contributed by atoms with Gasteiger partial charge in [-0.15, -0.1) is 0 Å². The largest absolute Gasteiger partial charge is 0.308 e. The van der Waals surface area contributed by atoms with E-state index in [1.165, 1.54) is 32.7 Å². The van der Waals surface area contributed by atoms with E-state index in [2.05, 4.69) is 143 Å². The monoisotopic (exact) mass is 600 g/mol. The molecule has 4 heteroatoms. The van der Waals surface area contributed by atoms with Crippen LogP contribution in [0.15, 0.2) is 170 Å². The molecule has 0 unspecified atom stereocenters. The molecule has 1 aliphatic heterocycles. The third kappa shape index (κ3) is 3.58. The Labute approximate surface area is 272 Å². The van der Waals surface area contributed by atoms with Gasteiger partial charge in [0.25, 0.3) is 0 Å². The number of rotatable bonds is 4. The molecule has 4 nitrogen and oxygen atoms in total. The first kappa shape index (κ1) is 26.0. The number of hydrogen-bond acceptors (Lipinski definition) is 4. The van der Waals surface area contributed by atoms with Crippen molar-refractivity contribution in [2.45, 2.75) is 5.66 Å². The first-order valence-corrected chi connectivity index (χ1v) is 16.0. The van der Waals surface area contributed by atoms with Crippen LogP contribution in [0.1, 0.15) is 11.1 Å². The van der Waals surface area contributed by atoms with Gasteiger partial charge in [-0.3, -0.25) is 9.97 Å². The SMILES string of the molecule is c1ccc(N2c3ccccc3N(c3cc(-c4ccccn4)cc(-c4ccccn4)c3)C23c2cccc4ccc5cccc3c5c24)cc1. The number of anilines is 4. The highest BCUT2D eigenvalue weighted by molar-refractivity contribution is 6.17. The van der Waals surface area contributed by atoms with Gasteiger partial charge in [-0.25, -0.2) is 0 Å². The van der Waals surface area contributed by atoms with Crippen molar-refractivity contribution in [3.05, 3.63) is 181 Å². The van der Waals surface area contributed by atoms with E-state index in [1.807, 2.05) is 36.7 Å². The number of aromatic nitrogens is 2. The second-order valence-corrected chi connectivity index (χ2v) is 12.2. The Kier molecular flexibility index (Phi) is 5.46. The average Bonchev–Trinajstić information content (AvgIpc) is 3.62. The van der Waals surface area contributed by atoms with Crippen LogP contribution in [0, 0.1) is 0 Å². The first-order valence-electron chi connectivity index (χ1n) is 16.0. The second kappa shape index (κ2) is 9.87. The van der Waals surface area contributed by atoms with Crippen molar-refractivity contribution in [1.82, 2.24) is 9.97 Å². The van der Waals surface area contributed by atoms with Crippen LogP contribution in [0.2, 0.25) is 0 Å². The Morgan fingerprint density at radius 2 is 0.915 bits per heavy atom. The lowest BCUT2D eigenvalue weighted by molar-refractivity contribution is 0.576. The van der Waals surface area contributed by atoms with Gasteiger partial charge in [-0.2, -0.15) is 0 Å². The quantitative estimate of drug-likeness (QED) is 0.188. The van der Waals surface area contributed by atoms with Gasteiger partial charge >= 0.3 is 0 Å². The molecule has 0 atom stereocenters. The molecule has 0 N–H and O–H groups in total. The standard InChI is InChI=1S/C43H28N4/c1-2-14-33(15-3-1)46-39-20-4-5-21-40(39)47(43(46)35-16-10-12-29-22-23-30-13-11-17-36(43)42(30)41(29)35)34-27-31(37-18-6-8-24-44-37)26-32(28-34)38-19-7-9-25-45-38/h1-28H. The van der Waals surface area contributed by atoms with Crippen LogP contribution >= 0.6 is 0 Å². The minimum Gasteiger partial charge on any atom is -0.308 e. The van der Waals surface area contributed by atoms with Crippen LogP contribution in [-0.2, 0) is 5.66 Å². The number of nitrogens with zero attached hydrogens (tertiary/aromatic N) is 4. The minimum absolute atomic E-state index is 0.710. The van der Waals surface area contributed by atoms with E-state index >= 15 is 0 Å². The molecule has 2 aromatic heterocycles. The molecule has 1 aliphatic carbocycles. The highest BCUT2D eigenvalue weighted by atomic mass is 15.5. The van der Waals surface area contributed by atoms with Gasteiger partial charge in [0, 0.05) is 46.0 Å². The van der Waals surface area contributed by atoms with E-state index in [9.17, 15) is 0 Å². The van der Waals surface area contributed by atoms with Crippen molar-refractivity contribution in [2.24, 2.45) is 0 Å². The Balaban J connectivity index is 1.36. The summed E-state index contributed by atoms with van der Waals surface area (Å²) in [6, 6.07) is 56.8. The Hall–Kier alpha value is -6.26. The second-order valence-electron chi connectivity index (χ2n) is 12.2. The molecule has 0 amide bonds. The van der Waals surface area contributed by atoms with Crippen LogP contribution in [-0.4, -0.2) is 9.97 Å². The van der Waals surface area contributed by atoms with Gasteiger partial charge in [-0.05, 0) is 88.3 Å². The highest BCUT2D eigenvalue weighted by Gasteiger charge is 2.57. The smallest absolute Gasteiger partial charge is 0.176 e. The van der Waals surface area contributed by atoms with Gasteiger partial charge in [-0.1, -0.05) is 91.0 Å². The number of pyridine rings is 2. The number of benzene rings is 6. The maximum absolute atomic E-state index is 4.79. The lowest BCUT2D eigenvalue weighted by atomic mass is 9.91. The van der Waals surface area contributed by atoms with E-state index in [0.717, 1.165) is 45.3 Å². The molecular weight excluding hydrogens is 573 g/mol. The molecule has 0 saturated carbocycles. The van der Waals surface area contributed by atoms with Gasteiger partial charge in [0.2, 0.25) is 0 Å². The fraction of sp³-hybridized carbons (Fsp3) is 0.0233. The molecule has 220 valence electrons. The van der Waals surface area contributed by atoms with E-state index in [-0.39, 0.29) is 0 Å². The summed E-state index contributed by atoms with van der Waals surface area (Å²) in [6.07, 6.45) is 3.72. The molecule has 0 fully saturated rings. The zero-order valence-electron chi connectivity index (χ0n) is 25.5. The normalized spacial score (nSPS) is 14.0. The van der Waals surface area contributed by atoms with Gasteiger partial charge in [0.15, 0.2) is 5.66 Å². The fourth-order valence-electron chi connectivity index (χ4n) is 7.99. The summed E-state index contributed by atoms with van der Waals surface area (Å²) in [5.74, 6) is 0. The third-order valence-corrected chi connectivity index (χ3v) is 9.76. The molecule has 1 spiro atoms. The van der Waals surface area contributed by atoms with E-state index < -0.39 is 5.66 Å². The lowest BCUT2D eigenvalue weighted by Crippen LogP contribution is -2.50. The predicted molar refractivity (Wildman–Crippen MR) is 192 cm³/mol. The number of para-hydroxylation sites is 3. The van der Waals surface area contributed by atoms with Gasteiger partial charge in [0.1, 0.15) is 0 Å². The van der Waals surface area contributed by atoms with Crippen molar-refractivity contribution in [2.75, 3.05) is 9.80 Å². The molecule has 8 aromatic rings. The predicted octanol–water partition coefficient (Wildman–Crippen LogP) is 10.6. The van der Waals surface area contributed by atoms with Gasteiger partial charge in [0.05, 0.1) is 22.8 Å². The molecule has 0 saturated heterocycles. The van der Waals surface area contributed by atoms with Crippen LogP contribution in [0.5, 0.6) is 0 Å². The van der Waals surface area contributed by atoms with Crippen LogP contribution in [0.3, 0.4) is 0 Å². The minimum atomic E-state index is -0.710. The Bertz CT molecular complexity index is 2350. The molecule has 2 aliphatic rings. The van der Waals surface area contributed by atoms with Crippen LogP contribution in [0.25, 0.3) is 44.1 Å². The molecule has 0 radical (unpaired) electrons. The van der Waals surface area contributed by atoms with E-state index in [4.69, 9.17) is 9.97 Å². The van der Waals surface area contributed by atoms with Crippen molar-refractivity contribution in [1.29, 1.82) is 0 Å².